The topological polar surface area (TPSA) is 46.2 Å². The summed E-state index contributed by atoms with van der Waals surface area (Å²) in [6.45, 7) is 7.65. The second-order valence-electron chi connectivity index (χ2n) is 3.97. The maximum absolute atomic E-state index is 9.42. The van der Waals surface area contributed by atoms with Crippen LogP contribution in [0.25, 0.3) is 0 Å². The average Bonchev–Trinajstić information content (AvgIpc) is 2.12. The molecule has 0 amide bonds. The monoisotopic (exact) mass is 241 g/mol. The highest BCUT2D eigenvalue weighted by atomic mass is 35.5. The predicted octanol–water partition coefficient (Wildman–Crippen LogP) is 3.40. The molecule has 0 bridgehead atoms. The van der Waals surface area contributed by atoms with E-state index in [2.05, 4.69) is 6.58 Å². The first-order chi connectivity index (χ1) is 7.06. The number of hydrogen-bond acceptors (Lipinski definition) is 2. The zero-order valence-corrected chi connectivity index (χ0v) is 10.7. The van der Waals surface area contributed by atoms with Gasteiger partial charge in [0.05, 0.1) is 0 Å². The molecule has 0 heterocycles. The highest BCUT2D eigenvalue weighted by molar-refractivity contribution is 5.85. The Labute approximate surface area is 104 Å². The van der Waals surface area contributed by atoms with Crippen molar-refractivity contribution < 1.29 is 5.11 Å². The van der Waals surface area contributed by atoms with E-state index in [0.29, 0.717) is 5.75 Å². The molecule has 16 heavy (non-hydrogen) atoms. The Morgan fingerprint density at radius 3 is 2.31 bits per heavy atom. The molecular formula is C13H20ClNO. The predicted molar refractivity (Wildman–Crippen MR) is 71.2 cm³/mol. The van der Waals surface area contributed by atoms with Crippen molar-refractivity contribution in [2.24, 2.45) is 5.73 Å². The number of phenolic OH excluding ortho intramolecular Hbond substituents is 1. The molecule has 0 fully saturated rings. The lowest BCUT2D eigenvalue weighted by Crippen LogP contribution is -2.13. The third-order valence-corrected chi connectivity index (χ3v) is 2.63. The first-order valence-electron chi connectivity index (χ1n) is 5.23. The summed E-state index contributed by atoms with van der Waals surface area (Å²) in [5.41, 5.74) is 9.37. The van der Waals surface area contributed by atoms with Gasteiger partial charge in [0.25, 0.3) is 0 Å². The minimum atomic E-state index is 0. The molecule has 0 saturated carbocycles. The van der Waals surface area contributed by atoms with Gasteiger partial charge in [-0.25, -0.2) is 0 Å². The molecule has 0 aliphatic heterocycles. The molecule has 0 radical (unpaired) electrons. The summed E-state index contributed by atoms with van der Waals surface area (Å²) >= 11 is 0. The van der Waals surface area contributed by atoms with Crippen LogP contribution in [-0.4, -0.2) is 5.11 Å². The molecule has 1 aromatic rings. The number of phenols is 1. The van der Waals surface area contributed by atoms with Crippen LogP contribution in [0.1, 0.15) is 35.6 Å². The normalized spacial score (nSPS) is 11.7. The van der Waals surface area contributed by atoms with Gasteiger partial charge in [-0.15, -0.1) is 19.0 Å². The van der Waals surface area contributed by atoms with Crippen LogP contribution in [0.4, 0.5) is 0 Å². The van der Waals surface area contributed by atoms with Crippen molar-refractivity contribution in [1.82, 2.24) is 0 Å². The fourth-order valence-electron chi connectivity index (χ4n) is 1.98. The van der Waals surface area contributed by atoms with Gasteiger partial charge in [-0.2, -0.15) is 0 Å². The smallest absolute Gasteiger partial charge is 0.116 e. The first-order valence-corrected chi connectivity index (χ1v) is 5.23. The van der Waals surface area contributed by atoms with E-state index < -0.39 is 0 Å². The van der Waals surface area contributed by atoms with Gasteiger partial charge in [-0.1, -0.05) is 6.08 Å². The minimum Gasteiger partial charge on any atom is -0.508 e. The summed E-state index contributed by atoms with van der Waals surface area (Å²) in [4.78, 5) is 0. The zero-order valence-electron chi connectivity index (χ0n) is 9.86. The Balaban J connectivity index is 0.00000225. The van der Waals surface area contributed by atoms with Crippen LogP contribution in [0, 0.1) is 13.8 Å². The van der Waals surface area contributed by atoms with Gasteiger partial charge in [0, 0.05) is 6.04 Å². The second-order valence-corrected chi connectivity index (χ2v) is 3.97. The van der Waals surface area contributed by atoms with Gasteiger partial charge in [0.2, 0.25) is 0 Å². The first kappa shape index (κ1) is 15.0. The molecule has 0 aliphatic carbocycles. The summed E-state index contributed by atoms with van der Waals surface area (Å²) in [6, 6.07) is 3.55. The van der Waals surface area contributed by atoms with Gasteiger partial charge in [0.1, 0.15) is 5.75 Å². The SMILES string of the molecule is C=CCC[C@@H](N)c1c(C)cc(O)cc1C.Cl. The van der Waals surface area contributed by atoms with Crippen LogP contribution in [0.3, 0.4) is 0 Å². The van der Waals surface area contributed by atoms with Gasteiger partial charge in [-0.05, 0) is 55.5 Å². The molecule has 1 atom stereocenters. The summed E-state index contributed by atoms with van der Waals surface area (Å²) < 4.78 is 0. The van der Waals surface area contributed by atoms with Crippen molar-refractivity contribution in [2.75, 3.05) is 0 Å². The molecular weight excluding hydrogens is 222 g/mol. The van der Waals surface area contributed by atoms with Gasteiger partial charge >= 0.3 is 0 Å². The molecule has 0 spiro atoms. The van der Waals surface area contributed by atoms with E-state index in [-0.39, 0.29) is 18.4 Å². The van der Waals surface area contributed by atoms with Crippen molar-refractivity contribution in [1.29, 1.82) is 0 Å². The molecule has 0 saturated heterocycles. The quantitative estimate of drug-likeness (QED) is 0.794. The third-order valence-electron chi connectivity index (χ3n) is 2.63. The number of benzene rings is 1. The van der Waals surface area contributed by atoms with Crippen molar-refractivity contribution >= 4 is 12.4 Å². The van der Waals surface area contributed by atoms with Gasteiger partial charge in [0.15, 0.2) is 0 Å². The zero-order chi connectivity index (χ0) is 11.4. The molecule has 0 unspecified atom stereocenters. The number of halogens is 1. The Morgan fingerprint density at radius 1 is 1.38 bits per heavy atom. The number of allylic oxidation sites excluding steroid dienone is 1. The molecule has 2 nitrogen and oxygen atoms in total. The lowest BCUT2D eigenvalue weighted by Gasteiger charge is -2.17. The lowest BCUT2D eigenvalue weighted by molar-refractivity contribution is 0.473. The van der Waals surface area contributed by atoms with Crippen LogP contribution in [-0.2, 0) is 0 Å². The second kappa shape index (κ2) is 6.56. The van der Waals surface area contributed by atoms with E-state index in [9.17, 15) is 5.11 Å². The van der Waals surface area contributed by atoms with E-state index >= 15 is 0 Å². The number of aromatic hydroxyl groups is 1. The van der Waals surface area contributed by atoms with Crippen LogP contribution < -0.4 is 5.73 Å². The Kier molecular flexibility index (Phi) is 6.16. The van der Waals surface area contributed by atoms with Crippen LogP contribution >= 0.6 is 12.4 Å². The molecule has 0 aliphatic rings. The molecule has 0 aromatic heterocycles. The highest BCUT2D eigenvalue weighted by Gasteiger charge is 2.12. The summed E-state index contributed by atoms with van der Waals surface area (Å²) in [6.07, 6.45) is 3.70. The number of aryl methyl sites for hydroxylation is 2. The standard InChI is InChI=1S/C13H19NO.ClH/c1-4-5-6-12(14)13-9(2)7-11(15)8-10(13)3;/h4,7-8,12,15H,1,5-6,14H2,2-3H3;1H/t12-;/m1./s1. The van der Waals surface area contributed by atoms with E-state index in [4.69, 9.17) is 5.73 Å². The van der Waals surface area contributed by atoms with Gasteiger partial charge in [-0.3, -0.25) is 0 Å². The lowest BCUT2D eigenvalue weighted by atomic mass is 9.93. The Morgan fingerprint density at radius 2 is 1.88 bits per heavy atom. The maximum Gasteiger partial charge on any atom is 0.116 e. The van der Waals surface area contributed by atoms with E-state index in [1.165, 1.54) is 0 Å². The van der Waals surface area contributed by atoms with E-state index in [1.807, 2.05) is 19.9 Å². The van der Waals surface area contributed by atoms with Crippen molar-refractivity contribution in [3.63, 3.8) is 0 Å². The summed E-state index contributed by atoms with van der Waals surface area (Å²) in [5.74, 6) is 0.310. The summed E-state index contributed by atoms with van der Waals surface area (Å²) in [5, 5.41) is 9.42. The molecule has 3 N–H and O–H groups in total. The number of nitrogens with two attached hydrogens (primary N) is 1. The van der Waals surface area contributed by atoms with E-state index in [1.54, 1.807) is 12.1 Å². The molecule has 90 valence electrons. The molecule has 3 heteroatoms. The van der Waals surface area contributed by atoms with E-state index in [0.717, 1.165) is 29.5 Å². The van der Waals surface area contributed by atoms with Crippen LogP contribution in [0.2, 0.25) is 0 Å². The molecule has 1 aromatic carbocycles. The van der Waals surface area contributed by atoms with Crippen molar-refractivity contribution in [2.45, 2.75) is 32.7 Å². The van der Waals surface area contributed by atoms with Crippen LogP contribution in [0.5, 0.6) is 5.75 Å². The Bertz CT molecular complexity index is 340. The Hall–Kier alpha value is -0.990. The number of hydrogen-bond donors (Lipinski definition) is 2. The molecule has 1 rings (SSSR count). The van der Waals surface area contributed by atoms with Crippen molar-refractivity contribution in [3.8, 4) is 5.75 Å². The average molecular weight is 242 g/mol. The highest BCUT2D eigenvalue weighted by Crippen LogP contribution is 2.27. The third kappa shape index (κ3) is 3.54. The summed E-state index contributed by atoms with van der Waals surface area (Å²) in [7, 11) is 0. The largest absolute Gasteiger partial charge is 0.508 e. The minimum absolute atomic E-state index is 0. The maximum atomic E-state index is 9.42. The van der Waals surface area contributed by atoms with Crippen molar-refractivity contribution in [3.05, 3.63) is 41.5 Å². The van der Waals surface area contributed by atoms with Crippen LogP contribution in [0.15, 0.2) is 24.8 Å². The fourth-order valence-corrected chi connectivity index (χ4v) is 1.98. The number of rotatable bonds is 4. The fraction of sp³-hybridized carbons (Fsp3) is 0.385. The van der Waals surface area contributed by atoms with Gasteiger partial charge < -0.3 is 10.8 Å².